The summed E-state index contributed by atoms with van der Waals surface area (Å²) in [7, 11) is 1.58. The molecule has 2 N–H and O–H groups in total. The predicted molar refractivity (Wildman–Crippen MR) is 97.2 cm³/mol. The number of carbonyl (C=O) groups is 1. The first-order valence-electron chi connectivity index (χ1n) is 7.75. The summed E-state index contributed by atoms with van der Waals surface area (Å²) in [6.07, 6.45) is 1.61. The zero-order valence-corrected chi connectivity index (χ0v) is 14.8. The van der Waals surface area contributed by atoms with Crippen LogP contribution in [0.2, 0.25) is 0 Å². The third kappa shape index (κ3) is 4.19. The van der Waals surface area contributed by atoms with Crippen molar-refractivity contribution in [2.24, 2.45) is 0 Å². The van der Waals surface area contributed by atoms with Crippen LogP contribution in [0.15, 0.2) is 60.0 Å². The second kappa shape index (κ2) is 7.85. The minimum Gasteiger partial charge on any atom is -0.495 e. The smallest absolute Gasteiger partial charge is 0.385 e. The van der Waals surface area contributed by atoms with E-state index in [1.165, 1.54) is 11.8 Å². The molecule has 0 fully saturated rings. The van der Waals surface area contributed by atoms with E-state index in [2.05, 4.69) is 15.4 Å². The van der Waals surface area contributed by atoms with Gasteiger partial charge in [-0.2, -0.15) is 5.10 Å². The Morgan fingerprint density at radius 2 is 2.08 bits per heavy atom. The van der Waals surface area contributed by atoms with Gasteiger partial charge in [0.25, 0.3) is 0 Å². The highest BCUT2D eigenvalue weighted by Crippen LogP contribution is 2.25. The number of aromatic amines is 1. The number of methoxy groups -OCH3 is 1. The quantitative estimate of drug-likeness (QED) is 0.527. The number of thioether (sulfide) groups is 1. The maximum Gasteiger partial charge on any atom is 0.385 e. The van der Waals surface area contributed by atoms with Crippen molar-refractivity contribution in [3.05, 3.63) is 60.4 Å². The number of ether oxygens (including phenoxy) is 1. The lowest BCUT2D eigenvalue weighted by molar-refractivity contribution is -0.694. The molecule has 0 saturated carbocycles. The summed E-state index contributed by atoms with van der Waals surface area (Å²) in [6.45, 7) is 1.97. The van der Waals surface area contributed by atoms with Crippen molar-refractivity contribution in [3.8, 4) is 11.4 Å². The highest BCUT2D eigenvalue weighted by atomic mass is 32.2. The molecule has 7 heteroatoms. The fourth-order valence-electron chi connectivity index (χ4n) is 2.35. The van der Waals surface area contributed by atoms with Gasteiger partial charge in [-0.15, -0.1) is 4.68 Å². The van der Waals surface area contributed by atoms with E-state index in [1.54, 1.807) is 13.4 Å². The molecule has 6 nitrogen and oxygen atoms in total. The SMILES string of the molecule is COc1ccc(C)cc1NC(=O)CSc1nc[nH][n+]1-c1ccccc1. The maximum atomic E-state index is 12.3. The summed E-state index contributed by atoms with van der Waals surface area (Å²) >= 11 is 1.36. The van der Waals surface area contributed by atoms with Crippen molar-refractivity contribution in [1.82, 2.24) is 10.1 Å². The van der Waals surface area contributed by atoms with Crippen molar-refractivity contribution in [3.63, 3.8) is 0 Å². The number of amides is 1. The van der Waals surface area contributed by atoms with Crippen LogP contribution in [0.5, 0.6) is 5.75 Å². The number of aromatic nitrogens is 3. The second-order valence-electron chi connectivity index (χ2n) is 5.38. The van der Waals surface area contributed by atoms with Gasteiger partial charge in [0.15, 0.2) is 5.69 Å². The Hall–Kier alpha value is -2.80. The van der Waals surface area contributed by atoms with Gasteiger partial charge in [0.2, 0.25) is 12.2 Å². The molecular weight excluding hydrogens is 336 g/mol. The van der Waals surface area contributed by atoms with Gasteiger partial charge in [0, 0.05) is 0 Å². The van der Waals surface area contributed by atoms with Crippen LogP contribution in [0.3, 0.4) is 0 Å². The molecule has 3 rings (SSSR count). The van der Waals surface area contributed by atoms with Crippen LogP contribution in [-0.4, -0.2) is 28.9 Å². The van der Waals surface area contributed by atoms with E-state index in [0.29, 0.717) is 11.4 Å². The van der Waals surface area contributed by atoms with E-state index in [9.17, 15) is 4.79 Å². The zero-order chi connectivity index (χ0) is 17.6. The number of benzene rings is 2. The molecule has 0 spiro atoms. The van der Waals surface area contributed by atoms with Crippen LogP contribution < -0.4 is 14.7 Å². The van der Waals surface area contributed by atoms with Crippen molar-refractivity contribution in [2.75, 3.05) is 18.2 Å². The molecule has 25 heavy (non-hydrogen) atoms. The molecule has 0 unspecified atom stereocenters. The monoisotopic (exact) mass is 355 g/mol. The van der Waals surface area contributed by atoms with Gasteiger partial charge in [-0.25, -0.2) is 0 Å². The van der Waals surface area contributed by atoms with E-state index < -0.39 is 0 Å². The van der Waals surface area contributed by atoms with Crippen LogP contribution in [0.25, 0.3) is 5.69 Å². The molecular formula is C18H19N4O2S+. The van der Waals surface area contributed by atoms with E-state index in [4.69, 9.17) is 4.74 Å². The number of carbonyl (C=O) groups excluding carboxylic acids is 1. The Bertz CT molecular complexity index is 865. The molecule has 0 aliphatic rings. The number of para-hydroxylation sites is 1. The third-order valence-corrected chi connectivity index (χ3v) is 4.48. The molecule has 2 aromatic carbocycles. The minimum atomic E-state index is -0.114. The Morgan fingerprint density at radius 1 is 1.28 bits per heavy atom. The van der Waals surface area contributed by atoms with Crippen LogP contribution in [-0.2, 0) is 4.79 Å². The number of hydrogen-bond acceptors (Lipinski definition) is 4. The minimum absolute atomic E-state index is 0.114. The largest absolute Gasteiger partial charge is 0.495 e. The molecule has 0 aliphatic heterocycles. The number of nitrogens with one attached hydrogen (secondary N) is 2. The van der Waals surface area contributed by atoms with Crippen LogP contribution in [0.1, 0.15) is 5.56 Å². The van der Waals surface area contributed by atoms with E-state index in [1.807, 2.05) is 60.1 Å². The average molecular weight is 355 g/mol. The van der Waals surface area contributed by atoms with Gasteiger partial charge in [-0.3, -0.25) is 4.79 Å². The fraction of sp³-hybridized carbons (Fsp3) is 0.167. The molecule has 0 saturated heterocycles. The summed E-state index contributed by atoms with van der Waals surface area (Å²) in [5.41, 5.74) is 2.69. The lowest BCUT2D eigenvalue weighted by Crippen LogP contribution is -2.35. The van der Waals surface area contributed by atoms with Crippen molar-refractivity contribution < 1.29 is 14.2 Å². The van der Waals surface area contributed by atoms with Gasteiger partial charge in [-0.05, 0) is 53.5 Å². The van der Waals surface area contributed by atoms with E-state index in [0.717, 1.165) is 16.4 Å². The van der Waals surface area contributed by atoms with Gasteiger partial charge in [0.1, 0.15) is 5.75 Å². The summed E-state index contributed by atoms with van der Waals surface area (Å²) in [6, 6.07) is 15.5. The number of nitrogens with zero attached hydrogens (tertiary/aromatic N) is 2. The van der Waals surface area contributed by atoms with Crippen molar-refractivity contribution >= 4 is 23.4 Å². The fourth-order valence-corrected chi connectivity index (χ4v) is 3.10. The number of H-pyrrole nitrogens is 1. The molecule has 1 heterocycles. The second-order valence-corrected chi connectivity index (χ2v) is 6.32. The summed E-state index contributed by atoms with van der Waals surface area (Å²) in [5, 5.41) is 6.67. The molecule has 3 aromatic rings. The molecule has 0 radical (unpaired) electrons. The summed E-state index contributed by atoms with van der Waals surface area (Å²) < 4.78 is 7.12. The highest BCUT2D eigenvalue weighted by molar-refractivity contribution is 7.99. The number of hydrogen-bond donors (Lipinski definition) is 2. The zero-order valence-electron chi connectivity index (χ0n) is 14.0. The highest BCUT2D eigenvalue weighted by Gasteiger charge is 2.19. The number of rotatable bonds is 6. The first-order valence-corrected chi connectivity index (χ1v) is 8.74. The van der Waals surface area contributed by atoms with Crippen LogP contribution in [0.4, 0.5) is 5.69 Å². The summed E-state index contributed by atoms with van der Waals surface area (Å²) in [5.74, 6) is 0.772. The Kier molecular flexibility index (Phi) is 5.35. The Morgan fingerprint density at radius 3 is 2.84 bits per heavy atom. The maximum absolute atomic E-state index is 12.3. The van der Waals surface area contributed by atoms with Gasteiger partial charge >= 0.3 is 5.16 Å². The third-order valence-electron chi connectivity index (χ3n) is 3.53. The number of anilines is 1. The molecule has 0 bridgehead atoms. The first kappa shape index (κ1) is 17.0. The topological polar surface area (TPSA) is 70.9 Å². The van der Waals surface area contributed by atoms with Gasteiger partial charge in [0.05, 0.1) is 18.6 Å². The Balaban J connectivity index is 1.66. The van der Waals surface area contributed by atoms with Crippen LogP contribution >= 0.6 is 11.8 Å². The molecule has 0 aliphatic carbocycles. The lowest BCUT2D eigenvalue weighted by Gasteiger charge is -2.10. The van der Waals surface area contributed by atoms with Gasteiger partial charge in [-0.1, -0.05) is 24.3 Å². The number of aryl methyl sites for hydroxylation is 1. The van der Waals surface area contributed by atoms with Crippen LogP contribution in [0, 0.1) is 6.92 Å². The van der Waals surface area contributed by atoms with E-state index in [-0.39, 0.29) is 11.7 Å². The summed E-state index contributed by atoms with van der Waals surface area (Å²) in [4.78, 5) is 16.6. The standard InChI is InChI=1S/C18H18N4O2S/c1-13-8-9-16(24-2)15(10-13)21-17(23)11-25-18-19-12-20-22(18)14-6-4-3-5-7-14/h3-10,12H,11H2,1-2H3,(H,21,23)/p+1. The normalized spacial score (nSPS) is 10.5. The van der Waals surface area contributed by atoms with E-state index >= 15 is 0 Å². The van der Waals surface area contributed by atoms with Crippen molar-refractivity contribution in [1.29, 1.82) is 0 Å². The van der Waals surface area contributed by atoms with Gasteiger partial charge < -0.3 is 10.1 Å². The molecule has 128 valence electrons. The predicted octanol–water partition coefficient (Wildman–Crippen LogP) is 2.73. The molecule has 1 amide bonds. The average Bonchev–Trinajstić information content (AvgIpc) is 3.09. The lowest BCUT2D eigenvalue weighted by atomic mass is 10.2. The van der Waals surface area contributed by atoms with Crippen molar-refractivity contribution in [2.45, 2.75) is 12.1 Å². The molecule has 0 atom stereocenters. The first-order chi connectivity index (χ1) is 12.2. The molecule has 1 aromatic heterocycles. The Labute approximate surface area is 150 Å².